The molecule has 0 saturated heterocycles. The number of amides is 1. The van der Waals surface area contributed by atoms with Crippen molar-refractivity contribution in [2.24, 2.45) is 0 Å². The summed E-state index contributed by atoms with van der Waals surface area (Å²) in [6.45, 7) is 0. The lowest BCUT2D eigenvalue weighted by molar-refractivity contribution is -0.384. The molecule has 0 saturated carbocycles. The van der Waals surface area contributed by atoms with Crippen LogP contribution < -0.4 is 10.1 Å². The van der Waals surface area contributed by atoms with Crippen LogP contribution in [-0.4, -0.2) is 16.8 Å². The van der Waals surface area contributed by atoms with E-state index in [0.717, 1.165) is 6.07 Å². The van der Waals surface area contributed by atoms with Crippen molar-refractivity contribution < 1.29 is 19.2 Å². The fourth-order valence-electron chi connectivity index (χ4n) is 2.35. The molecule has 0 unspecified atom stereocenters. The Morgan fingerprint density at radius 1 is 0.964 bits per heavy atom. The third kappa shape index (κ3) is 4.52. The number of esters is 1. The lowest BCUT2D eigenvalue weighted by Crippen LogP contribution is -2.13. The van der Waals surface area contributed by atoms with Crippen molar-refractivity contribution in [1.82, 2.24) is 0 Å². The Morgan fingerprint density at radius 2 is 1.64 bits per heavy atom. The molecule has 0 aliphatic rings. The van der Waals surface area contributed by atoms with E-state index in [-0.39, 0.29) is 16.3 Å². The minimum Gasteiger partial charge on any atom is -0.423 e. The summed E-state index contributed by atoms with van der Waals surface area (Å²) in [5.41, 5.74) is 0.570. The van der Waals surface area contributed by atoms with Gasteiger partial charge >= 0.3 is 5.97 Å². The van der Waals surface area contributed by atoms with E-state index in [0.29, 0.717) is 17.0 Å². The van der Waals surface area contributed by atoms with Crippen LogP contribution in [0.5, 0.6) is 5.75 Å². The van der Waals surface area contributed by atoms with Gasteiger partial charge in [-0.2, -0.15) is 0 Å². The zero-order chi connectivity index (χ0) is 20.1. The molecule has 140 valence electrons. The summed E-state index contributed by atoms with van der Waals surface area (Å²) in [6.07, 6.45) is 0. The van der Waals surface area contributed by atoms with Gasteiger partial charge in [0.2, 0.25) is 0 Å². The van der Waals surface area contributed by atoms with Gasteiger partial charge in [-0.05, 0) is 42.5 Å². The summed E-state index contributed by atoms with van der Waals surface area (Å²) in [5, 5.41) is 13.5. The number of nitro groups is 1. The van der Waals surface area contributed by atoms with Crippen LogP contribution in [0, 0.1) is 10.1 Å². The van der Waals surface area contributed by atoms with Crippen molar-refractivity contribution in [2.75, 3.05) is 5.32 Å². The fraction of sp³-hybridized carbons (Fsp3) is 0. The van der Waals surface area contributed by atoms with E-state index < -0.39 is 16.8 Å². The highest BCUT2D eigenvalue weighted by Gasteiger charge is 2.16. The van der Waals surface area contributed by atoms with E-state index in [1.165, 1.54) is 36.4 Å². The lowest BCUT2D eigenvalue weighted by Gasteiger charge is -2.08. The zero-order valence-electron chi connectivity index (χ0n) is 14.3. The Morgan fingerprint density at radius 3 is 2.29 bits per heavy atom. The van der Waals surface area contributed by atoms with Gasteiger partial charge in [0.1, 0.15) is 5.75 Å². The van der Waals surface area contributed by atoms with E-state index in [1.807, 2.05) is 0 Å². The molecule has 28 heavy (non-hydrogen) atoms. The smallest absolute Gasteiger partial charge is 0.343 e. The summed E-state index contributed by atoms with van der Waals surface area (Å²) in [4.78, 5) is 34.6. The van der Waals surface area contributed by atoms with Crippen molar-refractivity contribution in [3.8, 4) is 5.75 Å². The van der Waals surface area contributed by atoms with Crippen molar-refractivity contribution in [1.29, 1.82) is 0 Å². The van der Waals surface area contributed by atoms with Gasteiger partial charge in [0.05, 0.1) is 21.1 Å². The van der Waals surface area contributed by atoms with Gasteiger partial charge in [-0.15, -0.1) is 0 Å². The average molecular weight is 397 g/mol. The molecule has 1 N–H and O–H groups in total. The number of hydrogen-bond acceptors (Lipinski definition) is 5. The van der Waals surface area contributed by atoms with E-state index >= 15 is 0 Å². The van der Waals surface area contributed by atoms with Gasteiger partial charge in [-0.3, -0.25) is 14.9 Å². The predicted molar refractivity (Wildman–Crippen MR) is 104 cm³/mol. The van der Waals surface area contributed by atoms with Crippen LogP contribution in [-0.2, 0) is 0 Å². The molecule has 0 spiro atoms. The molecule has 0 aromatic heterocycles. The van der Waals surface area contributed by atoms with Gasteiger partial charge in [0, 0.05) is 17.8 Å². The summed E-state index contributed by atoms with van der Waals surface area (Å²) >= 11 is 5.96. The molecule has 8 heteroatoms. The lowest BCUT2D eigenvalue weighted by atomic mass is 10.2. The van der Waals surface area contributed by atoms with Crippen molar-refractivity contribution in [2.45, 2.75) is 0 Å². The first-order chi connectivity index (χ1) is 13.4. The topological polar surface area (TPSA) is 98.5 Å². The largest absolute Gasteiger partial charge is 0.423 e. The molecule has 1 amide bonds. The number of rotatable bonds is 5. The summed E-state index contributed by atoms with van der Waals surface area (Å²) in [5.74, 6) is -0.788. The summed E-state index contributed by atoms with van der Waals surface area (Å²) in [6, 6.07) is 18.3. The number of carbonyl (C=O) groups excluding carboxylic acids is 2. The Hall–Kier alpha value is -3.71. The van der Waals surface area contributed by atoms with Crippen LogP contribution in [0.15, 0.2) is 72.8 Å². The van der Waals surface area contributed by atoms with Crippen molar-refractivity contribution >= 4 is 34.9 Å². The Bertz CT molecular complexity index is 1040. The second kappa shape index (κ2) is 8.32. The van der Waals surface area contributed by atoms with Crippen LogP contribution in [0.25, 0.3) is 0 Å². The van der Waals surface area contributed by atoms with Crippen LogP contribution in [0.3, 0.4) is 0 Å². The molecule has 0 heterocycles. The molecule has 7 nitrogen and oxygen atoms in total. The van der Waals surface area contributed by atoms with E-state index in [4.69, 9.17) is 16.3 Å². The first kappa shape index (κ1) is 19.1. The molecule has 0 fully saturated rings. The molecule has 0 radical (unpaired) electrons. The number of halogens is 1. The van der Waals surface area contributed by atoms with Gasteiger partial charge < -0.3 is 10.1 Å². The number of nitrogens with one attached hydrogen (secondary N) is 1. The quantitative estimate of drug-likeness (QED) is 0.291. The molecular formula is C20H13ClN2O5. The SMILES string of the molecule is O=C(Oc1ccc(NC(=O)c2cc([N+](=O)[O-])ccc2Cl)cc1)c1ccccc1. The number of ether oxygens (including phenoxy) is 1. The highest BCUT2D eigenvalue weighted by atomic mass is 35.5. The number of hydrogen-bond donors (Lipinski definition) is 1. The fourth-order valence-corrected chi connectivity index (χ4v) is 2.55. The van der Waals surface area contributed by atoms with Gasteiger partial charge in [0.15, 0.2) is 0 Å². The van der Waals surface area contributed by atoms with E-state index in [1.54, 1.807) is 30.3 Å². The minimum absolute atomic E-state index is 0.0181. The molecule has 0 atom stereocenters. The molecule has 3 rings (SSSR count). The summed E-state index contributed by atoms with van der Waals surface area (Å²) in [7, 11) is 0. The number of non-ortho nitro benzene ring substituents is 1. The first-order valence-electron chi connectivity index (χ1n) is 8.06. The molecular weight excluding hydrogens is 384 g/mol. The van der Waals surface area contributed by atoms with Crippen molar-refractivity contribution in [3.63, 3.8) is 0 Å². The molecule has 0 aliphatic heterocycles. The Labute approximate surface area is 164 Å². The third-order valence-corrected chi connectivity index (χ3v) is 4.07. The highest BCUT2D eigenvalue weighted by Crippen LogP contribution is 2.24. The summed E-state index contributed by atoms with van der Waals surface area (Å²) < 4.78 is 5.26. The number of benzene rings is 3. The molecule has 0 bridgehead atoms. The predicted octanol–water partition coefficient (Wildman–Crippen LogP) is 4.72. The molecule has 0 aliphatic carbocycles. The van der Waals surface area contributed by atoms with E-state index in [9.17, 15) is 19.7 Å². The van der Waals surface area contributed by atoms with Crippen molar-refractivity contribution in [3.05, 3.63) is 99.1 Å². The zero-order valence-corrected chi connectivity index (χ0v) is 15.1. The third-order valence-electron chi connectivity index (χ3n) is 3.74. The van der Waals surface area contributed by atoms with Gasteiger partial charge in [-0.1, -0.05) is 29.8 Å². The highest BCUT2D eigenvalue weighted by molar-refractivity contribution is 6.34. The van der Waals surface area contributed by atoms with Crippen LogP contribution in [0.2, 0.25) is 5.02 Å². The standard InChI is InChI=1S/C20H13ClN2O5/c21-18-11-8-15(23(26)27)12-17(18)19(24)22-14-6-9-16(10-7-14)28-20(25)13-4-2-1-3-5-13/h1-12H,(H,22,24). The number of nitro benzene ring substituents is 1. The Kier molecular flexibility index (Phi) is 5.67. The number of carbonyl (C=O) groups is 2. The molecule has 3 aromatic rings. The van der Waals surface area contributed by atoms with Crippen LogP contribution in [0.4, 0.5) is 11.4 Å². The first-order valence-corrected chi connectivity index (χ1v) is 8.44. The monoisotopic (exact) mass is 396 g/mol. The average Bonchev–Trinajstić information content (AvgIpc) is 2.70. The maximum Gasteiger partial charge on any atom is 0.343 e. The van der Waals surface area contributed by atoms with E-state index in [2.05, 4.69) is 5.32 Å². The second-order valence-corrected chi connectivity index (χ2v) is 6.06. The number of anilines is 1. The van der Waals surface area contributed by atoms with Crippen LogP contribution in [0.1, 0.15) is 20.7 Å². The number of nitrogens with zero attached hydrogens (tertiary/aromatic N) is 1. The maximum atomic E-state index is 12.4. The minimum atomic E-state index is -0.608. The normalized spacial score (nSPS) is 10.2. The second-order valence-electron chi connectivity index (χ2n) is 5.66. The van der Waals surface area contributed by atoms with Gasteiger partial charge in [0.25, 0.3) is 11.6 Å². The van der Waals surface area contributed by atoms with Crippen LogP contribution >= 0.6 is 11.6 Å². The Balaban J connectivity index is 1.69. The molecule has 3 aromatic carbocycles. The maximum absolute atomic E-state index is 12.4. The van der Waals surface area contributed by atoms with Gasteiger partial charge in [-0.25, -0.2) is 4.79 Å².